The molecule has 0 saturated carbocycles. The highest BCUT2D eigenvalue weighted by atomic mass is 32.2. The van der Waals surface area contributed by atoms with Gasteiger partial charge in [0.2, 0.25) is 0 Å². The maximum Gasteiger partial charge on any atom is 0.0147 e. The van der Waals surface area contributed by atoms with Crippen LogP contribution in [0.4, 0.5) is 0 Å². The van der Waals surface area contributed by atoms with E-state index in [0.29, 0.717) is 0 Å². The fourth-order valence-corrected chi connectivity index (χ4v) is 2.93. The van der Waals surface area contributed by atoms with Gasteiger partial charge in [0.25, 0.3) is 0 Å². The molecule has 0 bridgehead atoms. The van der Waals surface area contributed by atoms with Crippen LogP contribution in [0, 0.1) is 0 Å². The molecule has 1 rings (SSSR count). The Kier molecular flexibility index (Phi) is 4.74. The van der Waals surface area contributed by atoms with Gasteiger partial charge in [-0.2, -0.15) is 11.8 Å². The van der Waals surface area contributed by atoms with Crippen molar-refractivity contribution in [2.24, 2.45) is 5.73 Å². The number of thioether (sulfide) groups is 1. The second-order valence-corrected chi connectivity index (χ2v) is 6.62. The van der Waals surface area contributed by atoms with Gasteiger partial charge in [0, 0.05) is 29.6 Å². The minimum absolute atomic E-state index is 0.0101. The molecule has 1 unspecified atom stereocenters. The highest BCUT2D eigenvalue weighted by Crippen LogP contribution is 2.18. The average Bonchev–Trinajstić information content (AvgIpc) is 2.01. The molecule has 1 aliphatic rings. The molecule has 1 saturated heterocycles. The Bertz CT molecular complexity index is 165. The smallest absolute Gasteiger partial charge is 0.0147 e. The van der Waals surface area contributed by atoms with E-state index < -0.39 is 0 Å². The van der Waals surface area contributed by atoms with Crippen molar-refractivity contribution >= 4 is 11.8 Å². The highest BCUT2D eigenvalue weighted by Gasteiger charge is 2.17. The Morgan fingerprint density at radius 2 is 2.21 bits per heavy atom. The Hall–Kier alpha value is 0.270. The molecule has 0 spiro atoms. The zero-order chi connectivity index (χ0) is 10.6. The lowest BCUT2D eigenvalue weighted by Crippen LogP contribution is -2.38. The molecule has 0 radical (unpaired) electrons. The van der Waals surface area contributed by atoms with E-state index in [9.17, 15) is 0 Å². The minimum Gasteiger partial charge on any atom is -0.326 e. The number of hydrogen-bond donors (Lipinski definition) is 1. The molecular formula is C11H24N2S. The van der Waals surface area contributed by atoms with Gasteiger partial charge in [-0.1, -0.05) is 6.92 Å². The van der Waals surface area contributed by atoms with Crippen molar-refractivity contribution in [3.05, 3.63) is 0 Å². The maximum atomic E-state index is 5.96. The summed E-state index contributed by atoms with van der Waals surface area (Å²) in [6.07, 6.45) is 2.37. The van der Waals surface area contributed by atoms with Crippen molar-refractivity contribution in [3.63, 3.8) is 0 Å². The lowest BCUT2D eigenvalue weighted by atomic mass is 10.00. The molecule has 0 aliphatic carbocycles. The molecule has 0 aromatic carbocycles. The van der Waals surface area contributed by atoms with Crippen LogP contribution in [0.5, 0.6) is 0 Å². The van der Waals surface area contributed by atoms with Gasteiger partial charge in [-0.15, -0.1) is 0 Å². The van der Waals surface area contributed by atoms with Crippen molar-refractivity contribution in [1.29, 1.82) is 0 Å². The zero-order valence-electron chi connectivity index (χ0n) is 9.75. The van der Waals surface area contributed by atoms with Gasteiger partial charge in [-0.3, -0.25) is 0 Å². The fourth-order valence-electron chi connectivity index (χ4n) is 1.85. The summed E-state index contributed by atoms with van der Waals surface area (Å²) in [7, 11) is 0. The molecule has 1 aliphatic heterocycles. The second kappa shape index (κ2) is 5.38. The first-order chi connectivity index (χ1) is 6.47. The molecule has 3 heteroatoms. The van der Waals surface area contributed by atoms with Crippen molar-refractivity contribution in [2.45, 2.75) is 44.4 Å². The van der Waals surface area contributed by atoms with Crippen LogP contribution >= 0.6 is 11.8 Å². The van der Waals surface area contributed by atoms with Crippen LogP contribution in [-0.2, 0) is 0 Å². The average molecular weight is 216 g/mol. The van der Waals surface area contributed by atoms with E-state index in [1.165, 1.54) is 31.8 Å². The Balaban J connectivity index is 2.12. The van der Waals surface area contributed by atoms with Crippen LogP contribution in [-0.4, -0.2) is 41.1 Å². The van der Waals surface area contributed by atoms with E-state index in [0.717, 1.165) is 11.7 Å². The number of rotatable bonds is 4. The molecular weight excluding hydrogens is 192 g/mol. The molecule has 1 fully saturated rings. The largest absolute Gasteiger partial charge is 0.326 e. The molecule has 84 valence electrons. The number of nitrogens with zero attached hydrogens (tertiary/aromatic N) is 1. The first-order valence-corrected chi connectivity index (χ1v) is 6.65. The van der Waals surface area contributed by atoms with Crippen LogP contribution in [0.1, 0.15) is 33.6 Å². The van der Waals surface area contributed by atoms with Gasteiger partial charge in [0.05, 0.1) is 0 Å². The van der Waals surface area contributed by atoms with E-state index in [-0.39, 0.29) is 5.54 Å². The summed E-state index contributed by atoms with van der Waals surface area (Å²) in [6.45, 7) is 10.3. The summed E-state index contributed by atoms with van der Waals surface area (Å²) >= 11 is 2.09. The topological polar surface area (TPSA) is 29.3 Å². The molecule has 0 aromatic heterocycles. The van der Waals surface area contributed by atoms with Crippen LogP contribution in [0.2, 0.25) is 0 Å². The molecule has 1 atom stereocenters. The van der Waals surface area contributed by atoms with E-state index in [4.69, 9.17) is 5.73 Å². The van der Waals surface area contributed by atoms with Gasteiger partial charge in [-0.25, -0.2) is 0 Å². The molecule has 0 aromatic rings. The van der Waals surface area contributed by atoms with Crippen LogP contribution in [0.25, 0.3) is 0 Å². The quantitative estimate of drug-likeness (QED) is 0.779. The standard InChI is InChI=1S/C11H24N2S/c1-10-9-13(7-8-14-10)6-4-5-11(2,3)12/h10H,4-9,12H2,1-3H3. The fraction of sp³-hybridized carbons (Fsp3) is 1.00. The van der Waals surface area contributed by atoms with E-state index in [1.54, 1.807) is 0 Å². The molecule has 14 heavy (non-hydrogen) atoms. The summed E-state index contributed by atoms with van der Waals surface area (Å²) in [4.78, 5) is 2.58. The predicted molar refractivity (Wildman–Crippen MR) is 65.9 cm³/mol. The highest BCUT2D eigenvalue weighted by molar-refractivity contribution is 7.99. The molecule has 1 heterocycles. The van der Waals surface area contributed by atoms with Gasteiger partial charge < -0.3 is 10.6 Å². The first kappa shape index (κ1) is 12.3. The van der Waals surface area contributed by atoms with Crippen LogP contribution in [0.3, 0.4) is 0 Å². The Morgan fingerprint density at radius 1 is 1.50 bits per heavy atom. The molecule has 0 amide bonds. The summed E-state index contributed by atoms with van der Waals surface area (Å²) in [5.41, 5.74) is 5.97. The number of nitrogens with two attached hydrogens (primary N) is 1. The summed E-state index contributed by atoms with van der Waals surface area (Å²) < 4.78 is 0. The molecule has 2 nitrogen and oxygen atoms in total. The Labute approximate surface area is 92.6 Å². The maximum absolute atomic E-state index is 5.96. The van der Waals surface area contributed by atoms with Crippen LogP contribution < -0.4 is 5.73 Å². The van der Waals surface area contributed by atoms with Crippen molar-refractivity contribution in [1.82, 2.24) is 4.90 Å². The zero-order valence-corrected chi connectivity index (χ0v) is 10.6. The lowest BCUT2D eigenvalue weighted by Gasteiger charge is -2.31. The van der Waals surface area contributed by atoms with E-state index in [1.807, 2.05) is 0 Å². The van der Waals surface area contributed by atoms with Crippen LogP contribution in [0.15, 0.2) is 0 Å². The van der Waals surface area contributed by atoms with Gasteiger partial charge in [0.1, 0.15) is 0 Å². The van der Waals surface area contributed by atoms with Crippen molar-refractivity contribution < 1.29 is 0 Å². The van der Waals surface area contributed by atoms with E-state index >= 15 is 0 Å². The third-order valence-corrected chi connectivity index (χ3v) is 3.76. The predicted octanol–water partition coefficient (Wildman–Crippen LogP) is 1.94. The molecule has 2 N–H and O–H groups in total. The Morgan fingerprint density at radius 3 is 2.79 bits per heavy atom. The summed E-state index contributed by atoms with van der Waals surface area (Å²) in [5.74, 6) is 1.30. The SMILES string of the molecule is CC1CN(CCCC(C)(C)N)CCS1. The minimum atomic E-state index is 0.0101. The van der Waals surface area contributed by atoms with Gasteiger partial charge >= 0.3 is 0 Å². The summed E-state index contributed by atoms with van der Waals surface area (Å²) in [5, 5.41) is 0.814. The lowest BCUT2D eigenvalue weighted by molar-refractivity contribution is 0.270. The number of hydrogen-bond acceptors (Lipinski definition) is 3. The van der Waals surface area contributed by atoms with E-state index in [2.05, 4.69) is 37.4 Å². The van der Waals surface area contributed by atoms with Gasteiger partial charge in [-0.05, 0) is 33.2 Å². The third-order valence-electron chi connectivity index (χ3n) is 2.62. The first-order valence-electron chi connectivity index (χ1n) is 5.60. The third kappa shape index (κ3) is 5.23. The summed E-state index contributed by atoms with van der Waals surface area (Å²) in [6, 6.07) is 0. The second-order valence-electron chi connectivity index (χ2n) is 5.07. The van der Waals surface area contributed by atoms with Crippen molar-refractivity contribution in [3.8, 4) is 0 Å². The van der Waals surface area contributed by atoms with Gasteiger partial charge in [0.15, 0.2) is 0 Å². The van der Waals surface area contributed by atoms with Crippen molar-refractivity contribution in [2.75, 3.05) is 25.4 Å². The monoisotopic (exact) mass is 216 g/mol. The normalized spacial score (nSPS) is 25.3.